The Hall–Kier alpha value is -5.50. The Balaban J connectivity index is 1.17. The first kappa shape index (κ1) is 37.8. The number of carbonyl (C=O) groups is 2. The minimum Gasteiger partial charge on any atom is -0.489 e. The number of nitrogens with zero attached hydrogens (tertiary/aromatic N) is 2. The fourth-order valence-corrected chi connectivity index (χ4v) is 7.46. The average molecular weight is 757 g/mol. The summed E-state index contributed by atoms with van der Waals surface area (Å²) in [6.45, 7) is 5.37. The lowest BCUT2D eigenvalue weighted by atomic mass is 9.86. The van der Waals surface area contributed by atoms with Crippen LogP contribution in [0.4, 0.5) is 0 Å². The Kier molecular flexibility index (Phi) is 10.1. The summed E-state index contributed by atoms with van der Waals surface area (Å²) in [6, 6.07) is 10.4. The minimum absolute atomic E-state index is 0.0394. The molecule has 2 aromatic carbocycles. The van der Waals surface area contributed by atoms with Crippen LogP contribution in [0.3, 0.4) is 0 Å². The first-order valence-corrected chi connectivity index (χ1v) is 17.7. The van der Waals surface area contributed by atoms with Gasteiger partial charge in [0.2, 0.25) is 6.29 Å². The summed E-state index contributed by atoms with van der Waals surface area (Å²) in [7, 11) is 1.10. The van der Waals surface area contributed by atoms with E-state index >= 15 is 0 Å². The highest BCUT2D eigenvalue weighted by Crippen LogP contribution is 2.41. The quantitative estimate of drug-likeness (QED) is 0.119. The van der Waals surface area contributed by atoms with Crippen molar-refractivity contribution in [3.63, 3.8) is 0 Å². The standard InChI is InChI=1S/C40H40N2O13/c1-6-13-51-34-19(4)29(54-38-33(45)31(43)32(44)35(55-38)37(47)50-5)12-9-20(34)17-52-21-10-11-27-23(14-21)22(7-2)24-16-42-28(30(24)41-27)15-26-25(36(42)46)18-53-39(48)40(26,49)8-3/h1,9-12,14-15,31-33,35,38,43-45,49H,7-8,13,16-18H2,2-5H3/t31-,32-,33+,35-,38+,40-/m0/s1. The van der Waals surface area contributed by atoms with Crippen LogP contribution in [-0.4, -0.2) is 86.3 Å². The third-order valence-corrected chi connectivity index (χ3v) is 10.5. The summed E-state index contributed by atoms with van der Waals surface area (Å²) in [4.78, 5) is 43.4. The molecule has 1 fully saturated rings. The fourth-order valence-electron chi connectivity index (χ4n) is 7.46. The second-order valence-electron chi connectivity index (χ2n) is 13.5. The first-order chi connectivity index (χ1) is 26.4. The Morgan fingerprint density at radius 1 is 1.07 bits per heavy atom. The Morgan fingerprint density at radius 3 is 2.56 bits per heavy atom. The number of aromatic nitrogens is 2. The van der Waals surface area contributed by atoms with Crippen LogP contribution in [0.15, 0.2) is 41.2 Å². The number of esters is 2. The molecule has 15 heteroatoms. The van der Waals surface area contributed by atoms with Crippen LogP contribution < -0.4 is 19.8 Å². The summed E-state index contributed by atoms with van der Waals surface area (Å²) in [6.07, 6.45) is -2.17. The Bertz CT molecular complexity index is 2310. The van der Waals surface area contributed by atoms with Crippen molar-refractivity contribution in [1.82, 2.24) is 9.55 Å². The van der Waals surface area contributed by atoms with Crippen LogP contribution in [0.1, 0.15) is 53.6 Å². The molecule has 1 saturated heterocycles. The number of pyridine rings is 2. The van der Waals surface area contributed by atoms with Crippen molar-refractivity contribution in [3.05, 3.63) is 80.1 Å². The average Bonchev–Trinajstić information content (AvgIpc) is 3.56. The van der Waals surface area contributed by atoms with E-state index in [9.17, 15) is 34.8 Å². The molecular formula is C40H40N2O13. The van der Waals surface area contributed by atoms with Crippen LogP contribution >= 0.6 is 0 Å². The van der Waals surface area contributed by atoms with Gasteiger partial charge in [0.15, 0.2) is 11.7 Å². The molecule has 2 aromatic heterocycles. The zero-order valence-corrected chi connectivity index (χ0v) is 30.5. The minimum atomic E-state index is -1.92. The summed E-state index contributed by atoms with van der Waals surface area (Å²) in [5.41, 5.74) is 2.96. The van der Waals surface area contributed by atoms with Gasteiger partial charge in [-0.3, -0.25) is 4.79 Å². The van der Waals surface area contributed by atoms with Gasteiger partial charge in [-0.1, -0.05) is 19.8 Å². The van der Waals surface area contributed by atoms with E-state index in [2.05, 4.69) is 10.7 Å². The van der Waals surface area contributed by atoms with Crippen molar-refractivity contribution in [1.29, 1.82) is 0 Å². The van der Waals surface area contributed by atoms with E-state index < -0.39 is 48.2 Å². The maximum absolute atomic E-state index is 13.7. The summed E-state index contributed by atoms with van der Waals surface area (Å²) in [5, 5.41) is 43.3. The third kappa shape index (κ3) is 6.25. The topological polar surface area (TPSA) is 205 Å². The lowest BCUT2D eigenvalue weighted by molar-refractivity contribution is -0.272. The number of fused-ring (bicyclic) bond motifs is 5. The van der Waals surface area contributed by atoms with Gasteiger partial charge in [-0.15, -0.1) is 6.42 Å². The number of aliphatic hydroxyl groups excluding tert-OH is 3. The van der Waals surface area contributed by atoms with Crippen LogP contribution in [0.5, 0.6) is 17.2 Å². The number of cyclic esters (lactones) is 1. The van der Waals surface area contributed by atoms with Crippen LogP contribution in [0.2, 0.25) is 0 Å². The molecule has 3 aliphatic rings. The normalized spacial score (nSPS) is 23.9. The monoisotopic (exact) mass is 756 g/mol. The molecule has 55 heavy (non-hydrogen) atoms. The van der Waals surface area contributed by atoms with E-state index in [1.165, 1.54) is 0 Å². The number of hydrogen-bond acceptors (Lipinski definition) is 14. The van der Waals surface area contributed by atoms with Gasteiger partial charge < -0.3 is 53.4 Å². The highest BCUT2D eigenvalue weighted by atomic mass is 16.7. The van der Waals surface area contributed by atoms with Crippen LogP contribution in [-0.2, 0) is 55.6 Å². The number of hydrogen-bond donors (Lipinski definition) is 4. The molecule has 7 rings (SSSR count). The first-order valence-electron chi connectivity index (χ1n) is 17.7. The third-order valence-electron chi connectivity index (χ3n) is 10.5. The molecule has 0 radical (unpaired) electrons. The molecule has 15 nitrogen and oxygen atoms in total. The molecule has 288 valence electrons. The summed E-state index contributed by atoms with van der Waals surface area (Å²) >= 11 is 0. The molecule has 0 aliphatic carbocycles. The number of ether oxygens (including phenoxy) is 6. The zero-order chi connectivity index (χ0) is 39.3. The number of terminal acetylenes is 1. The predicted molar refractivity (Wildman–Crippen MR) is 193 cm³/mol. The predicted octanol–water partition coefficient (Wildman–Crippen LogP) is 1.90. The maximum atomic E-state index is 13.7. The van der Waals surface area contributed by atoms with Crippen molar-refractivity contribution < 1.29 is 58.4 Å². The molecule has 3 aliphatic heterocycles. The van der Waals surface area contributed by atoms with Gasteiger partial charge >= 0.3 is 11.9 Å². The highest BCUT2D eigenvalue weighted by Gasteiger charge is 2.49. The van der Waals surface area contributed by atoms with Gasteiger partial charge in [-0.25, -0.2) is 14.6 Å². The van der Waals surface area contributed by atoms with E-state index in [1.54, 1.807) is 42.7 Å². The van der Waals surface area contributed by atoms with Crippen molar-refractivity contribution >= 4 is 22.8 Å². The van der Waals surface area contributed by atoms with Crippen LogP contribution in [0.25, 0.3) is 22.3 Å². The molecule has 0 bridgehead atoms. The molecule has 4 N–H and O–H groups in total. The SMILES string of the molecule is C#CCOc1c(COc2ccc3nc4c(c(CC)c3c2)Cn2c-4cc3c(c2=O)COC(=O)[C@]3(O)CC)ccc(O[C@@H]2O[C@H](C(=O)OC)[C@@H](O)[C@H](O)[C@H]2O)c1C. The second-order valence-corrected chi connectivity index (χ2v) is 13.5. The number of aryl methyl sites for hydroxylation is 1. The van der Waals surface area contributed by atoms with Gasteiger partial charge in [-0.05, 0) is 61.7 Å². The molecular weight excluding hydrogens is 716 g/mol. The summed E-state index contributed by atoms with van der Waals surface area (Å²) < 4.78 is 35.0. The zero-order valence-electron chi connectivity index (χ0n) is 30.5. The molecule has 5 heterocycles. The lowest BCUT2D eigenvalue weighted by Gasteiger charge is -2.39. The number of benzene rings is 2. The molecule has 0 unspecified atom stereocenters. The Labute approximate surface area is 314 Å². The van der Waals surface area contributed by atoms with Gasteiger partial charge in [0.05, 0.1) is 36.1 Å². The van der Waals surface area contributed by atoms with E-state index in [4.69, 9.17) is 35.1 Å². The van der Waals surface area contributed by atoms with E-state index in [0.717, 1.165) is 23.6 Å². The maximum Gasteiger partial charge on any atom is 0.343 e. The number of carbonyl (C=O) groups excluding carboxylic acids is 2. The van der Waals surface area contributed by atoms with Gasteiger partial charge in [0, 0.05) is 27.6 Å². The lowest BCUT2D eigenvalue weighted by Crippen LogP contribution is -2.61. The molecule has 6 atom stereocenters. The van der Waals surface area contributed by atoms with Crippen molar-refractivity contribution in [3.8, 4) is 41.0 Å². The Morgan fingerprint density at radius 2 is 1.85 bits per heavy atom. The fraction of sp³-hybridized carbons (Fsp3) is 0.400. The molecule has 4 aromatic rings. The van der Waals surface area contributed by atoms with Crippen LogP contribution in [0, 0.1) is 19.3 Å². The molecule has 0 amide bonds. The van der Waals surface area contributed by atoms with Crippen molar-refractivity contribution in [2.75, 3.05) is 13.7 Å². The van der Waals surface area contributed by atoms with E-state index in [1.807, 2.05) is 19.1 Å². The smallest absolute Gasteiger partial charge is 0.343 e. The number of rotatable bonds is 10. The van der Waals surface area contributed by atoms with Crippen molar-refractivity contribution in [2.45, 2.75) is 89.7 Å². The van der Waals surface area contributed by atoms with Gasteiger partial charge in [0.1, 0.15) is 55.4 Å². The largest absolute Gasteiger partial charge is 0.489 e. The van der Waals surface area contributed by atoms with E-state index in [-0.39, 0.29) is 55.2 Å². The molecule has 0 spiro atoms. The number of aliphatic hydroxyl groups is 4. The van der Waals surface area contributed by atoms with Gasteiger partial charge in [-0.2, -0.15) is 0 Å². The van der Waals surface area contributed by atoms with Crippen molar-refractivity contribution in [2.24, 2.45) is 0 Å². The van der Waals surface area contributed by atoms with E-state index in [0.29, 0.717) is 46.0 Å². The second kappa shape index (κ2) is 14.6. The summed E-state index contributed by atoms with van der Waals surface area (Å²) in [5.74, 6) is 1.75. The van der Waals surface area contributed by atoms with Gasteiger partial charge in [0.25, 0.3) is 5.56 Å². The highest BCUT2D eigenvalue weighted by molar-refractivity contribution is 5.90. The number of methoxy groups -OCH3 is 1. The molecule has 0 saturated carbocycles.